The number of hydrogen-bond acceptors (Lipinski definition) is 5. The summed E-state index contributed by atoms with van der Waals surface area (Å²) >= 11 is 1.88. The van der Waals surface area contributed by atoms with Gasteiger partial charge in [0.2, 0.25) is 0 Å². The number of carbonyl (C=O) groups is 1. The van der Waals surface area contributed by atoms with Gasteiger partial charge in [0.1, 0.15) is 12.4 Å². The number of ether oxygens (including phenoxy) is 1. The van der Waals surface area contributed by atoms with Crippen LogP contribution in [0.2, 0.25) is 0 Å². The summed E-state index contributed by atoms with van der Waals surface area (Å²) in [6, 6.07) is 24.2. The second-order valence-corrected chi connectivity index (χ2v) is 10.5. The predicted molar refractivity (Wildman–Crippen MR) is 135 cm³/mol. The number of hydrogen-bond donors (Lipinski definition) is 0. The van der Waals surface area contributed by atoms with Gasteiger partial charge in [-0.25, -0.2) is 0 Å². The van der Waals surface area contributed by atoms with Gasteiger partial charge in [0.05, 0.1) is 11.2 Å². The minimum atomic E-state index is -1.15. The molecule has 0 aromatic heterocycles. The Kier molecular flexibility index (Phi) is 9.37. The van der Waals surface area contributed by atoms with E-state index in [1.807, 2.05) is 17.8 Å². The molecule has 2 aliphatic rings. The number of aromatic carboxylic acids is 1. The zero-order valence-electron chi connectivity index (χ0n) is 20.3. The smallest absolute Gasteiger partial charge is 0.545 e. The van der Waals surface area contributed by atoms with Crippen LogP contribution >= 0.6 is 11.8 Å². The minimum absolute atomic E-state index is 0. The molecule has 4 nitrogen and oxygen atoms in total. The minimum Gasteiger partial charge on any atom is -0.545 e. The van der Waals surface area contributed by atoms with Gasteiger partial charge in [0.15, 0.2) is 0 Å². The van der Waals surface area contributed by atoms with E-state index < -0.39 is 5.97 Å². The number of piperidine rings is 1. The molecule has 0 unspecified atom stereocenters. The Morgan fingerprint density at radius 1 is 0.971 bits per heavy atom. The molecule has 3 aromatic carbocycles. The summed E-state index contributed by atoms with van der Waals surface area (Å²) in [5, 5.41) is 11.6. The van der Waals surface area contributed by atoms with Crippen molar-refractivity contribution in [1.29, 1.82) is 0 Å². The maximum Gasteiger partial charge on any atom is 1.00 e. The van der Waals surface area contributed by atoms with E-state index in [-0.39, 0.29) is 40.4 Å². The molecule has 0 amide bonds. The summed E-state index contributed by atoms with van der Waals surface area (Å²) in [7, 11) is 0. The Bertz CT molecular complexity index is 1130. The van der Waals surface area contributed by atoms with E-state index in [9.17, 15) is 9.90 Å². The first-order chi connectivity index (χ1) is 16.7. The summed E-state index contributed by atoms with van der Waals surface area (Å²) < 4.78 is 6.06. The molecule has 1 saturated heterocycles. The largest absolute Gasteiger partial charge is 1.00 e. The zero-order valence-corrected chi connectivity index (χ0v) is 23.1. The summed E-state index contributed by atoms with van der Waals surface area (Å²) in [6.07, 6.45) is 3.68. The van der Waals surface area contributed by atoms with Crippen LogP contribution in [0.3, 0.4) is 0 Å². The molecule has 0 bridgehead atoms. The van der Waals surface area contributed by atoms with Gasteiger partial charge >= 0.3 is 29.6 Å². The zero-order chi connectivity index (χ0) is 23.3. The first-order valence-electron chi connectivity index (χ1n) is 12.1. The molecule has 1 atom stereocenters. The predicted octanol–water partition coefficient (Wildman–Crippen LogP) is 1.72. The van der Waals surface area contributed by atoms with Gasteiger partial charge in [-0.1, -0.05) is 54.6 Å². The van der Waals surface area contributed by atoms with Crippen LogP contribution < -0.4 is 39.4 Å². The summed E-state index contributed by atoms with van der Waals surface area (Å²) in [5.41, 5.74) is 4.95. The third-order valence-electron chi connectivity index (χ3n) is 7.02. The van der Waals surface area contributed by atoms with Crippen molar-refractivity contribution in [3.63, 3.8) is 0 Å². The van der Waals surface area contributed by atoms with Crippen molar-refractivity contribution < 1.29 is 44.2 Å². The van der Waals surface area contributed by atoms with Crippen LogP contribution in [-0.2, 0) is 13.0 Å². The van der Waals surface area contributed by atoms with Gasteiger partial charge in [0.25, 0.3) is 0 Å². The molecule has 0 aliphatic carbocycles. The van der Waals surface area contributed by atoms with Crippen LogP contribution in [0.1, 0.15) is 50.7 Å². The van der Waals surface area contributed by atoms with Crippen LogP contribution in [0.4, 0.5) is 0 Å². The summed E-state index contributed by atoms with van der Waals surface area (Å²) in [4.78, 5) is 14.1. The first-order valence-corrected chi connectivity index (χ1v) is 13.2. The van der Waals surface area contributed by atoms with Gasteiger partial charge in [-0.2, -0.15) is 0 Å². The van der Waals surface area contributed by atoms with Crippen LogP contribution in [0.5, 0.6) is 5.75 Å². The van der Waals surface area contributed by atoms with E-state index in [2.05, 4.69) is 53.4 Å². The van der Waals surface area contributed by atoms with Gasteiger partial charge in [0, 0.05) is 17.9 Å². The number of thioether (sulfide) groups is 1. The van der Waals surface area contributed by atoms with Gasteiger partial charge < -0.3 is 19.5 Å². The normalized spacial score (nSPS) is 17.9. The van der Waals surface area contributed by atoms with Crippen molar-refractivity contribution in [2.75, 3.05) is 25.4 Å². The number of carboxylic acids is 1. The number of rotatable bonds is 7. The maximum absolute atomic E-state index is 11.5. The number of carboxylic acid groups (broad SMARTS) is 1. The van der Waals surface area contributed by atoms with Crippen molar-refractivity contribution in [2.24, 2.45) is 5.92 Å². The Morgan fingerprint density at radius 3 is 2.49 bits per heavy atom. The van der Waals surface area contributed by atoms with Crippen LogP contribution in [0.15, 0.2) is 72.8 Å². The Labute approximate surface area is 234 Å². The third-order valence-corrected chi connectivity index (χ3v) is 8.27. The van der Waals surface area contributed by atoms with Crippen LogP contribution in [0, 0.1) is 5.92 Å². The van der Waals surface area contributed by atoms with E-state index in [1.165, 1.54) is 30.4 Å². The molecule has 0 radical (unpaired) electrons. The monoisotopic (exact) mass is 495 g/mol. The summed E-state index contributed by atoms with van der Waals surface area (Å²) in [5.74, 6) is 1.37. The molecule has 0 saturated carbocycles. The first kappa shape index (κ1) is 26.3. The van der Waals surface area contributed by atoms with Gasteiger partial charge in [-0.05, 0) is 78.7 Å². The van der Waals surface area contributed by atoms with Crippen molar-refractivity contribution in [2.45, 2.75) is 31.1 Å². The van der Waals surface area contributed by atoms with E-state index >= 15 is 0 Å². The summed E-state index contributed by atoms with van der Waals surface area (Å²) in [6.45, 7) is 3.83. The van der Waals surface area contributed by atoms with E-state index in [1.54, 1.807) is 18.2 Å². The van der Waals surface area contributed by atoms with E-state index in [4.69, 9.17) is 4.74 Å². The Balaban J connectivity index is 0.00000289. The SMILES string of the molecule is O=C([O-])c1ccc2c(c1)[C@@H](SCCN1CCC(Cc3ccccc3)CC1)c1ccccc1CO2.[Na+]. The fraction of sp³-hybridized carbons (Fsp3) is 0.345. The van der Waals surface area contributed by atoms with Gasteiger partial charge in [-0.15, -0.1) is 11.8 Å². The van der Waals surface area contributed by atoms with Crippen molar-refractivity contribution in [3.05, 3.63) is 101 Å². The van der Waals surface area contributed by atoms with Crippen molar-refractivity contribution in [1.82, 2.24) is 4.90 Å². The molecule has 1 fully saturated rings. The average molecular weight is 496 g/mol. The number of nitrogens with zero attached hydrogens (tertiary/aromatic N) is 1. The number of benzene rings is 3. The second kappa shape index (κ2) is 12.5. The molecule has 176 valence electrons. The van der Waals surface area contributed by atoms with Crippen molar-refractivity contribution in [3.8, 4) is 5.75 Å². The molecular formula is C29H30NNaO3S. The quantitative estimate of drug-likeness (QED) is 0.468. The van der Waals surface area contributed by atoms with Crippen LogP contribution in [0.25, 0.3) is 0 Å². The molecule has 2 heterocycles. The number of likely N-dealkylation sites (tertiary alicyclic amines) is 1. The topological polar surface area (TPSA) is 52.6 Å². The standard InChI is InChI=1S/C29H31NO3S.Na/c31-29(32)23-10-11-27-26(19-23)28(25-9-5-4-8-24(25)20-33-27)34-17-16-30-14-12-22(13-15-30)18-21-6-2-1-3-7-21;/h1-11,19,22,28H,12-18,20H2,(H,31,32);/q;+1/p-1/t28-;/m0./s1. The second-order valence-electron chi connectivity index (χ2n) is 9.25. The number of carbonyl (C=O) groups excluding carboxylic acids is 1. The maximum atomic E-state index is 11.5. The van der Waals surface area contributed by atoms with E-state index in [0.29, 0.717) is 6.61 Å². The molecule has 5 rings (SSSR count). The molecule has 0 spiro atoms. The Morgan fingerprint density at radius 2 is 1.71 bits per heavy atom. The Hall–Kier alpha value is -1.76. The molecule has 0 N–H and O–H groups in total. The third kappa shape index (κ3) is 6.52. The van der Waals surface area contributed by atoms with Crippen molar-refractivity contribution >= 4 is 17.7 Å². The fourth-order valence-electron chi connectivity index (χ4n) is 5.10. The molecular weight excluding hydrogens is 465 g/mol. The fourth-order valence-corrected chi connectivity index (χ4v) is 6.47. The number of fused-ring (bicyclic) bond motifs is 2. The van der Waals surface area contributed by atoms with E-state index in [0.717, 1.165) is 48.2 Å². The average Bonchev–Trinajstić information content (AvgIpc) is 3.02. The molecule has 3 aromatic rings. The molecule has 6 heteroatoms. The van der Waals surface area contributed by atoms with Crippen LogP contribution in [-0.4, -0.2) is 36.3 Å². The van der Waals surface area contributed by atoms with Gasteiger partial charge in [-0.3, -0.25) is 0 Å². The molecule has 2 aliphatic heterocycles. The molecule has 35 heavy (non-hydrogen) atoms.